The normalized spacial score (nSPS) is 27.0. The fraction of sp³-hybridized carbons (Fsp3) is 0.800. The minimum absolute atomic E-state index is 0.283. The molecule has 0 bridgehead atoms. The van der Waals surface area contributed by atoms with E-state index in [1.54, 1.807) is 0 Å². The predicted molar refractivity (Wildman–Crippen MR) is 59.1 cm³/mol. The molecule has 5 heteroatoms. The standard InChI is InChI=1S/C10H16ClN3O/c1-7-3-4-8(2)14(6-7)10-13-12-9(5-11)15-10/h7-8H,3-6H2,1-2H3. The summed E-state index contributed by atoms with van der Waals surface area (Å²) in [5.74, 6) is 1.47. The van der Waals surface area contributed by atoms with Crippen molar-refractivity contribution in [3.05, 3.63) is 5.89 Å². The van der Waals surface area contributed by atoms with Crippen molar-refractivity contribution in [3.8, 4) is 0 Å². The summed E-state index contributed by atoms with van der Waals surface area (Å²) in [6.07, 6.45) is 2.45. The van der Waals surface area contributed by atoms with Crippen LogP contribution in [-0.4, -0.2) is 22.8 Å². The number of alkyl halides is 1. The number of hydrogen-bond acceptors (Lipinski definition) is 4. The number of halogens is 1. The minimum atomic E-state index is 0.283. The van der Waals surface area contributed by atoms with Crippen LogP contribution in [0.2, 0.25) is 0 Å². The first-order chi connectivity index (χ1) is 7.20. The Morgan fingerprint density at radius 3 is 2.87 bits per heavy atom. The Bertz CT molecular complexity index is 328. The van der Waals surface area contributed by atoms with E-state index in [0.29, 0.717) is 23.9 Å². The second-order valence-electron chi connectivity index (χ2n) is 4.30. The number of piperidine rings is 1. The van der Waals surface area contributed by atoms with Gasteiger partial charge < -0.3 is 9.32 Å². The van der Waals surface area contributed by atoms with Crippen LogP contribution in [0.4, 0.5) is 6.01 Å². The second kappa shape index (κ2) is 4.39. The molecule has 2 unspecified atom stereocenters. The Morgan fingerprint density at radius 2 is 2.20 bits per heavy atom. The van der Waals surface area contributed by atoms with Gasteiger partial charge in [0, 0.05) is 12.6 Å². The third kappa shape index (κ3) is 2.25. The maximum atomic E-state index is 5.63. The van der Waals surface area contributed by atoms with Gasteiger partial charge in [-0.1, -0.05) is 12.0 Å². The van der Waals surface area contributed by atoms with Crippen LogP contribution in [0.5, 0.6) is 0 Å². The first kappa shape index (κ1) is 10.7. The monoisotopic (exact) mass is 229 g/mol. The topological polar surface area (TPSA) is 42.2 Å². The van der Waals surface area contributed by atoms with Crippen molar-refractivity contribution in [2.75, 3.05) is 11.4 Å². The van der Waals surface area contributed by atoms with Gasteiger partial charge in [-0.3, -0.25) is 0 Å². The Morgan fingerprint density at radius 1 is 1.40 bits per heavy atom. The molecular formula is C10H16ClN3O. The molecule has 0 amide bonds. The molecule has 1 aliphatic rings. The summed E-state index contributed by atoms with van der Waals surface area (Å²) in [6, 6.07) is 1.09. The molecule has 84 valence electrons. The summed E-state index contributed by atoms with van der Waals surface area (Å²) in [5, 5.41) is 7.90. The average molecular weight is 230 g/mol. The second-order valence-corrected chi connectivity index (χ2v) is 4.56. The van der Waals surface area contributed by atoms with Crippen molar-refractivity contribution >= 4 is 17.6 Å². The Labute approximate surface area is 94.6 Å². The van der Waals surface area contributed by atoms with E-state index in [-0.39, 0.29) is 5.88 Å². The third-order valence-corrected chi connectivity index (χ3v) is 3.16. The summed E-state index contributed by atoms with van der Waals surface area (Å²) in [5.41, 5.74) is 0. The van der Waals surface area contributed by atoms with E-state index in [9.17, 15) is 0 Å². The van der Waals surface area contributed by atoms with Gasteiger partial charge in [0.1, 0.15) is 5.88 Å². The van der Waals surface area contributed by atoms with Crippen LogP contribution >= 0.6 is 11.6 Å². The lowest BCUT2D eigenvalue weighted by Gasteiger charge is -2.35. The van der Waals surface area contributed by atoms with Gasteiger partial charge in [0.15, 0.2) is 0 Å². The molecule has 0 spiro atoms. The fourth-order valence-electron chi connectivity index (χ4n) is 1.97. The Hall–Kier alpha value is -0.770. The van der Waals surface area contributed by atoms with Crippen molar-refractivity contribution < 1.29 is 4.42 Å². The van der Waals surface area contributed by atoms with Gasteiger partial charge in [-0.2, -0.15) is 0 Å². The van der Waals surface area contributed by atoms with Crippen LogP contribution in [-0.2, 0) is 5.88 Å². The van der Waals surface area contributed by atoms with E-state index >= 15 is 0 Å². The average Bonchev–Trinajstić information content (AvgIpc) is 2.70. The van der Waals surface area contributed by atoms with E-state index in [1.165, 1.54) is 12.8 Å². The van der Waals surface area contributed by atoms with E-state index in [0.717, 1.165) is 6.54 Å². The molecule has 1 saturated heterocycles. The molecule has 15 heavy (non-hydrogen) atoms. The molecule has 0 aliphatic carbocycles. The molecule has 4 nitrogen and oxygen atoms in total. The first-order valence-corrected chi connectivity index (χ1v) is 5.89. The number of aromatic nitrogens is 2. The molecule has 2 heterocycles. The quantitative estimate of drug-likeness (QED) is 0.731. The van der Waals surface area contributed by atoms with Crippen LogP contribution in [0.25, 0.3) is 0 Å². The number of anilines is 1. The van der Waals surface area contributed by atoms with Gasteiger partial charge in [0.2, 0.25) is 5.89 Å². The highest BCUT2D eigenvalue weighted by atomic mass is 35.5. The highest BCUT2D eigenvalue weighted by Gasteiger charge is 2.26. The fourth-order valence-corrected chi connectivity index (χ4v) is 2.08. The molecule has 1 fully saturated rings. The lowest BCUT2D eigenvalue weighted by atomic mass is 9.96. The van der Waals surface area contributed by atoms with Crippen LogP contribution < -0.4 is 4.90 Å². The largest absolute Gasteiger partial charge is 0.407 e. The van der Waals surface area contributed by atoms with Crippen LogP contribution in [0, 0.1) is 5.92 Å². The van der Waals surface area contributed by atoms with Gasteiger partial charge in [0.25, 0.3) is 0 Å². The van der Waals surface area contributed by atoms with Crippen molar-refractivity contribution in [3.63, 3.8) is 0 Å². The predicted octanol–water partition coefficient (Wildman–Crippen LogP) is 2.43. The highest BCUT2D eigenvalue weighted by molar-refractivity contribution is 6.16. The molecule has 2 atom stereocenters. The van der Waals surface area contributed by atoms with Gasteiger partial charge in [-0.25, -0.2) is 0 Å². The minimum Gasteiger partial charge on any atom is -0.407 e. The lowest BCUT2D eigenvalue weighted by molar-refractivity contribution is 0.362. The molecule has 1 aliphatic heterocycles. The number of rotatable bonds is 2. The Kier molecular flexibility index (Phi) is 3.14. The van der Waals surface area contributed by atoms with E-state index in [2.05, 4.69) is 28.9 Å². The summed E-state index contributed by atoms with van der Waals surface area (Å²) >= 11 is 5.63. The lowest BCUT2D eigenvalue weighted by Crippen LogP contribution is -2.41. The number of hydrogen-bond donors (Lipinski definition) is 0. The molecule has 0 N–H and O–H groups in total. The van der Waals surface area contributed by atoms with Crippen LogP contribution in [0.15, 0.2) is 4.42 Å². The van der Waals surface area contributed by atoms with E-state index < -0.39 is 0 Å². The molecular weight excluding hydrogens is 214 g/mol. The zero-order valence-electron chi connectivity index (χ0n) is 9.11. The summed E-state index contributed by atoms with van der Waals surface area (Å²) in [4.78, 5) is 2.18. The third-order valence-electron chi connectivity index (χ3n) is 2.93. The molecule has 0 saturated carbocycles. The van der Waals surface area contributed by atoms with E-state index in [1.807, 2.05) is 0 Å². The molecule has 1 aromatic rings. The van der Waals surface area contributed by atoms with Gasteiger partial charge in [0.05, 0.1) is 0 Å². The van der Waals surface area contributed by atoms with Crippen molar-refractivity contribution in [1.29, 1.82) is 0 Å². The van der Waals surface area contributed by atoms with Gasteiger partial charge >= 0.3 is 6.01 Å². The smallest absolute Gasteiger partial charge is 0.318 e. The maximum Gasteiger partial charge on any atom is 0.318 e. The van der Waals surface area contributed by atoms with Crippen LogP contribution in [0.1, 0.15) is 32.6 Å². The number of nitrogens with zero attached hydrogens (tertiary/aromatic N) is 3. The summed E-state index contributed by atoms with van der Waals surface area (Å²) in [7, 11) is 0. The zero-order valence-corrected chi connectivity index (χ0v) is 9.87. The first-order valence-electron chi connectivity index (χ1n) is 5.35. The molecule has 2 rings (SSSR count). The van der Waals surface area contributed by atoms with Crippen molar-refractivity contribution in [1.82, 2.24) is 10.2 Å². The van der Waals surface area contributed by atoms with Crippen molar-refractivity contribution in [2.45, 2.75) is 38.6 Å². The zero-order chi connectivity index (χ0) is 10.8. The van der Waals surface area contributed by atoms with Crippen LogP contribution in [0.3, 0.4) is 0 Å². The maximum absolute atomic E-state index is 5.63. The SMILES string of the molecule is CC1CCC(C)N(c2nnc(CCl)o2)C1. The van der Waals surface area contributed by atoms with E-state index in [4.69, 9.17) is 16.0 Å². The summed E-state index contributed by atoms with van der Waals surface area (Å²) in [6.45, 7) is 5.43. The van der Waals surface area contributed by atoms with Gasteiger partial charge in [-0.05, 0) is 25.7 Å². The Balaban J connectivity index is 2.13. The van der Waals surface area contributed by atoms with Gasteiger partial charge in [-0.15, -0.1) is 16.7 Å². The molecule has 1 aromatic heterocycles. The molecule has 0 aromatic carbocycles. The molecule has 0 radical (unpaired) electrons. The summed E-state index contributed by atoms with van der Waals surface area (Å²) < 4.78 is 5.46. The van der Waals surface area contributed by atoms with Crippen molar-refractivity contribution in [2.24, 2.45) is 5.92 Å². The highest BCUT2D eigenvalue weighted by Crippen LogP contribution is 2.26.